The molecule has 1 heterocycles. The molecule has 1 saturated heterocycles. The van der Waals surface area contributed by atoms with Crippen LogP contribution in [0.4, 0.5) is 4.39 Å². The highest BCUT2D eigenvalue weighted by molar-refractivity contribution is 5.68. The van der Waals surface area contributed by atoms with Crippen LogP contribution in [0.3, 0.4) is 0 Å². The number of ether oxygens (including phenoxy) is 2. The van der Waals surface area contributed by atoms with Crippen molar-refractivity contribution in [1.29, 1.82) is 0 Å². The van der Waals surface area contributed by atoms with Crippen molar-refractivity contribution in [2.24, 2.45) is 0 Å². The number of hydrogen-bond acceptors (Lipinski definition) is 3. The fourth-order valence-corrected chi connectivity index (χ4v) is 3.14. The van der Waals surface area contributed by atoms with Crippen molar-refractivity contribution in [1.82, 2.24) is 5.32 Å². The van der Waals surface area contributed by atoms with Gasteiger partial charge in [0.15, 0.2) is 0 Å². The minimum Gasteiger partial charge on any atom is -0.497 e. The number of methoxy groups -OCH3 is 2. The molecule has 0 bridgehead atoms. The summed E-state index contributed by atoms with van der Waals surface area (Å²) in [7, 11) is 3.23. The smallest absolute Gasteiger partial charge is 0.124 e. The van der Waals surface area contributed by atoms with E-state index in [0.717, 1.165) is 42.6 Å². The number of hydrogen-bond donors (Lipinski definition) is 1. The lowest BCUT2D eigenvalue weighted by Crippen LogP contribution is -2.26. The van der Waals surface area contributed by atoms with E-state index < -0.39 is 0 Å². The molecule has 3 rings (SSSR count). The number of rotatable bonds is 4. The fraction of sp³-hybridized carbons (Fsp3) is 0.368. The van der Waals surface area contributed by atoms with Crippen LogP contribution in [0.1, 0.15) is 24.3 Å². The lowest BCUT2D eigenvalue weighted by Gasteiger charge is -2.23. The molecule has 0 aliphatic carbocycles. The van der Waals surface area contributed by atoms with Crippen LogP contribution in [0.2, 0.25) is 0 Å². The topological polar surface area (TPSA) is 30.5 Å². The molecule has 2 aromatic rings. The highest BCUT2D eigenvalue weighted by atomic mass is 19.1. The molecule has 0 aromatic heterocycles. The first-order valence-electron chi connectivity index (χ1n) is 7.94. The summed E-state index contributed by atoms with van der Waals surface area (Å²) in [6.07, 6.45) is 2.09. The Hall–Kier alpha value is -2.07. The molecule has 1 fully saturated rings. The summed E-state index contributed by atoms with van der Waals surface area (Å²) in [5.74, 6) is 1.62. The minimum absolute atomic E-state index is 0.196. The SMILES string of the molecule is COc1cc(OC)cc(-c2cc(F)cc(C3CCNCC3)c2)c1. The second-order valence-electron chi connectivity index (χ2n) is 5.90. The third-order valence-electron chi connectivity index (χ3n) is 4.42. The number of halogens is 1. The maximum absolute atomic E-state index is 14.2. The highest BCUT2D eigenvalue weighted by Crippen LogP contribution is 2.33. The number of piperidine rings is 1. The molecule has 0 atom stereocenters. The molecular formula is C19H22FNO2. The van der Waals surface area contributed by atoms with Crippen LogP contribution in [0.5, 0.6) is 11.5 Å². The molecule has 3 nitrogen and oxygen atoms in total. The van der Waals surface area contributed by atoms with Crippen LogP contribution in [0.25, 0.3) is 11.1 Å². The van der Waals surface area contributed by atoms with Gasteiger partial charge in [-0.2, -0.15) is 0 Å². The van der Waals surface area contributed by atoms with Gasteiger partial charge in [-0.25, -0.2) is 4.39 Å². The zero-order valence-corrected chi connectivity index (χ0v) is 13.6. The van der Waals surface area contributed by atoms with Gasteiger partial charge in [-0.3, -0.25) is 0 Å². The average Bonchev–Trinajstić information content (AvgIpc) is 2.61. The van der Waals surface area contributed by atoms with Crippen molar-refractivity contribution in [2.45, 2.75) is 18.8 Å². The second-order valence-corrected chi connectivity index (χ2v) is 5.90. The maximum atomic E-state index is 14.2. The van der Waals surface area contributed by atoms with E-state index >= 15 is 0 Å². The predicted octanol–water partition coefficient (Wildman–Crippen LogP) is 3.98. The normalized spacial score (nSPS) is 15.4. The molecule has 0 radical (unpaired) electrons. The van der Waals surface area contributed by atoms with Gasteiger partial charge in [0, 0.05) is 6.07 Å². The molecule has 4 heteroatoms. The summed E-state index contributed by atoms with van der Waals surface area (Å²) in [6.45, 7) is 1.98. The van der Waals surface area contributed by atoms with E-state index in [9.17, 15) is 4.39 Å². The zero-order valence-electron chi connectivity index (χ0n) is 13.6. The molecule has 122 valence electrons. The molecule has 0 saturated carbocycles. The van der Waals surface area contributed by atoms with Crippen LogP contribution in [-0.2, 0) is 0 Å². The van der Waals surface area contributed by atoms with Crippen molar-refractivity contribution >= 4 is 0 Å². The summed E-state index contributed by atoms with van der Waals surface area (Å²) in [4.78, 5) is 0. The first-order valence-corrected chi connectivity index (χ1v) is 7.94. The van der Waals surface area contributed by atoms with Crippen molar-refractivity contribution < 1.29 is 13.9 Å². The van der Waals surface area contributed by atoms with Crippen LogP contribution in [0, 0.1) is 5.82 Å². The Balaban J connectivity index is 2.00. The van der Waals surface area contributed by atoms with Gasteiger partial charge >= 0.3 is 0 Å². The molecule has 23 heavy (non-hydrogen) atoms. The molecule has 0 amide bonds. The van der Waals surface area contributed by atoms with Crippen LogP contribution >= 0.6 is 0 Å². The van der Waals surface area contributed by atoms with Crippen LogP contribution < -0.4 is 14.8 Å². The highest BCUT2D eigenvalue weighted by Gasteiger charge is 2.17. The van der Waals surface area contributed by atoms with Gasteiger partial charge in [0.1, 0.15) is 17.3 Å². The van der Waals surface area contributed by atoms with Gasteiger partial charge in [-0.05, 0) is 72.8 Å². The second kappa shape index (κ2) is 7.01. The summed E-state index contributed by atoms with van der Waals surface area (Å²) < 4.78 is 24.8. The summed E-state index contributed by atoms with van der Waals surface area (Å²) >= 11 is 0. The Morgan fingerprint density at radius 2 is 1.48 bits per heavy atom. The quantitative estimate of drug-likeness (QED) is 0.926. The van der Waals surface area contributed by atoms with Crippen molar-refractivity contribution in [3.05, 3.63) is 47.8 Å². The molecule has 0 unspecified atom stereocenters. The van der Waals surface area contributed by atoms with Gasteiger partial charge in [-0.1, -0.05) is 6.07 Å². The summed E-state index contributed by atoms with van der Waals surface area (Å²) in [5.41, 5.74) is 2.83. The lowest BCUT2D eigenvalue weighted by molar-refractivity contribution is 0.394. The Kier molecular flexibility index (Phi) is 4.82. The standard InChI is InChI=1S/C19H22FNO2/c1-22-18-10-16(11-19(12-18)23-2)15-7-14(8-17(20)9-15)13-3-5-21-6-4-13/h7-13,21H,3-6H2,1-2H3. The lowest BCUT2D eigenvalue weighted by atomic mass is 9.88. The van der Waals surface area contributed by atoms with Gasteiger partial charge in [0.2, 0.25) is 0 Å². The predicted molar refractivity (Wildman–Crippen MR) is 89.8 cm³/mol. The Labute approximate surface area is 136 Å². The van der Waals surface area contributed by atoms with E-state index in [-0.39, 0.29) is 5.82 Å². The third kappa shape index (κ3) is 3.64. The average molecular weight is 315 g/mol. The van der Waals surface area contributed by atoms with E-state index in [2.05, 4.69) is 11.4 Å². The van der Waals surface area contributed by atoms with Crippen LogP contribution in [0.15, 0.2) is 36.4 Å². The molecule has 2 aromatic carbocycles. The maximum Gasteiger partial charge on any atom is 0.124 e. The Morgan fingerprint density at radius 1 is 0.870 bits per heavy atom. The first-order chi connectivity index (χ1) is 11.2. The van der Waals surface area contributed by atoms with E-state index in [1.54, 1.807) is 26.4 Å². The van der Waals surface area contributed by atoms with E-state index in [1.807, 2.05) is 18.2 Å². The first kappa shape index (κ1) is 15.8. The number of benzene rings is 2. The van der Waals surface area contributed by atoms with Crippen molar-refractivity contribution in [3.8, 4) is 22.6 Å². The molecule has 1 N–H and O–H groups in total. The van der Waals surface area contributed by atoms with Crippen molar-refractivity contribution in [3.63, 3.8) is 0 Å². The molecule has 0 spiro atoms. The largest absolute Gasteiger partial charge is 0.497 e. The van der Waals surface area contributed by atoms with Gasteiger partial charge in [-0.15, -0.1) is 0 Å². The van der Waals surface area contributed by atoms with Gasteiger partial charge in [0.25, 0.3) is 0 Å². The molecule has 1 aliphatic heterocycles. The summed E-state index contributed by atoms with van der Waals surface area (Å²) in [6, 6.07) is 11.0. The van der Waals surface area contributed by atoms with Gasteiger partial charge in [0.05, 0.1) is 14.2 Å². The summed E-state index contributed by atoms with van der Waals surface area (Å²) in [5, 5.41) is 3.35. The third-order valence-corrected chi connectivity index (χ3v) is 4.42. The fourth-order valence-electron chi connectivity index (χ4n) is 3.14. The van der Waals surface area contributed by atoms with Crippen molar-refractivity contribution in [2.75, 3.05) is 27.3 Å². The zero-order chi connectivity index (χ0) is 16.2. The van der Waals surface area contributed by atoms with Crippen LogP contribution in [-0.4, -0.2) is 27.3 Å². The molecular weight excluding hydrogens is 293 g/mol. The minimum atomic E-state index is -0.196. The number of nitrogens with one attached hydrogen (secondary N) is 1. The van der Waals surface area contributed by atoms with E-state index in [4.69, 9.17) is 9.47 Å². The Morgan fingerprint density at radius 3 is 2.09 bits per heavy atom. The molecule has 1 aliphatic rings. The van der Waals surface area contributed by atoms with E-state index in [1.165, 1.54) is 0 Å². The Bertz CT molecular complexity index is 659. The van der Waals surface area contributed by atoms with E-state index in [0.29, 0.717) is 17.4 Å². The monoisotopic (exact) mass is 315 g/mol. The van der Waals surface area contributed by atoms with Gasteiger partial charge < -0.3 is 14.8 Å².